The zero-order valence-electron chi connectivity index (χ0n) is 16.3. The number of anilines is 1. The third-order valence-corrected chi connectivity index (χ3v) is 4.92. The summed E-state index contributed by atoms with van der Waals surface area (Å²) in [4.78, 5) is 21.1. The molecule has 0 spiro atoms. The normalized spacial score (nSPS) is 10.6. The lowest BCUT2D eigenvalue weighted by Gasteiger charge is -2.05. The molecular formula is C21H18N4O4S. The highest BCUT2D eigenvalue weighted by molar-refractivity contribution is 7.14. The monoisotopic (exact) mass is 422 g/mol. The van der Waals surface area contributed by atoms with Crippen molar-refractivity contribution in [1.82, 2.24) is 15.1 Å². The number of methoxy groups -OCH3 is 1. The van der Waals surface area contributed by atoms with Gasteiger partial charge in [-0.2, -0.15) is 4.98 Å². The summed E-state index contributed by atoms with van der Waals surface area (Å²) in [6.45, 7) is 1.91. The summed E-state index contributed by atoms with van der Waals surface area (Å²) in [5.41, 5.74) is 2.24. The van der Waals surface area contributed by atoms with Crippen molar-refractivity contribution in [2.75, 3.05) is 12.4 Å². The van der Waals surface area contributed by atoms with Crippen LogP contribution in [0.2, 0.25) is 0 Å². The maximum absolute atomic E-state index is 12.5. The summed E-state index contributed by atoms with van der Waals surface area (Å²) in [6, 6.07) is 14.4. The number of hydrogen-bond acceptors (Lipinski definition) is 8. The van der Waals surface area contributed by atoms with E-state index in [1.54, 1.807) is 38.3 Å². The number of hydrogen-bond donors (Lipinski definition) is 1. The van der Waals surface area contributed by atoms with Crippen molar-refractivity contribution in [3.8, 4) is 22.8 Å². The topological polar surface area (TPSA) is 99.4 Å². The molecule has 30 heavy (non-hydrogen) atoms. The highest BCUT2D eigenvalue weighted by Gasteiger charge is 2.11. The van der Waals surface area contributed by atoms with Crippen molar-refractivity contribution >= 4 is 22.4 Å². The number of carbonyl (C=O) groups excluding carboxylic acids is 1. The number of aromatic nitrogens is 3. The van der Waals surface area contributed by atoms with E-state index in [1.807, 2.05) is 29.6 Å². The number of carbonyl (C=O) groups is 1. The van der Waals surface area contributed by atoms with Crippen LogP contribution in [0.4, 0.5) is 5.13 Å². The molecule has 8 nitrogen and oxygen atoms in total. The molecule has 4 aromatic rings. The fraction of sp³-hybridized carbons (Fsp3) is 0.143. The lowest BCUT2D eigenvalue weighted by atomic mass is 10.2. The van der Waals surface area contributed by atoms with Crippen LogP contribution in [0.5, 0.6) is 11.5 Å². The van der Waals surface area contributed by atoms with Crippen LogP contribution in [-0.2, 0) is 6.61 Å². The van der Waals surface area contributed by atoms with Gasteiger partial charge in [-0.1, -0.05) is 5.16 Å². The Bertz CT molecular complexity index is 1140. The summed E-state index contributed by atoms with van der Waals surface area (Å²) in [7, 11) is 1.62. The van der Waals surface area contributed by atoms with E-state index < -0.39 is 0 Å². The van der Waals surface area contributed by atoms with Gasteiger partial charge in [0.25, 0.3) is 5.91 Å². The fourth-order valence-electron chi connectivity index (χ4n) is 2.65. The number of aryl methyl sites for hydroxylation is 1. The second-order valence-corrected chi connectivity index (χ2v) is 7.12. The summed E-state index contributed by atoms with van der Waals surface area (Å²) in [5, 5.41) is 9.01. The number of rotatable bonds is 7. The Morgan fingerprint density at radius 1 is 1.07 bits per heavy atom. The lowest BCUT2D eigenvalue weighted by Crippen LogP contribution is -2.11. The van der Waals surface area contributed by atoms with Crippen LogP contribution >= 0.6 is 11.3 Å². The summed E-state index contributed by atoms with van der Waals surface area (Å²) in [6.07, 6.45) is 0. The van der Waals surface area contributed by atoms with Crippen LogP contribution in [-0.4, -0.2) is 28.1 Å². The first-order chi connectivity index (χ1) is 14.6. The minimum absolute atomic E-state index is 0.191. The number of amides is 1. The molecule has 0 bridgehead atoms. The van der Waals surface area contributed by atoms with Crippen LogP contribution in [0.15, 0.2) is 58.4 Å². The zero-order valence-corrected chi connectivity index (χ0v) is 17.1. The molecule has 0 aliphatic carbocycles. The van der Waals surface area contributed by atoms with E-state index in [2.05, 4.69) is 20.4 Å². The average molecular weight is 422 g/mol. The van der Waals surface area contributed by atoms with E-state index in [1.165, 1.54) is 11.3 Å². The number of benzene rings is 2. The van der Waals surface area contributed by atoms with Crippen LogP contribution in [0.1, 0.15) is 22.1 Å². The van der Waals surface area contributed by atoms with Gasteiger partial charge in [-0.05, 0) is 48.5 Å². The molecule has 2 heterocycles. The molecule has 2 aromatic carbocycles. The molecule has 1 N–H and O–H groups in total. The van der Waals surface area contributed by atoms with E-state index >= 15 is 0 Å². The Labute approximate surface area is 176 Å². The maximum atomic E-state index is 12.5. The smallest absolute Gasteiger partial charge is 0.257 e. The second kappa shape index (κ2) is 8.75. The van der Waals surface area contributed by atoms with E-state index in [9.17, 15) is 4.79 Å². The van der Waals surface area contributed by atoms with Crippen LogP contribution in [0.3, 0.4) is 0 Å². The molecule has 0 radical (unpaired) electrons. The standard InChI is InChI=1S/C21H18N4O4S/c1-13-22-19(25-29-13)11-28-17-9-5-15(6-10-17)20(26)24-21-23-18(12-30-21)14-3-7-16(27-2)8-4-14/h3-10,12H,11H2,1-2H3,(H,23,24,26). The fourth-order valence-corrected chi connectivity index (χ4v) is 3.36. The van der Waals surface area contributed by atoms with Gasteiger partial charge in [0.2, 0.25) is 11.7 Å². The number of nitrogens with zero attached hydrogens (tertiary/aromatic N) is 3. The third-order valence-electron chi connectivity index (χ3n) is 4.16. The molecule has 0 saturated heterocycles. The summed E-state index contributed by atoms with van der Waals surface area (Å²) in [5.74, 6) is 2.09. The predicted molar refractivity (Wildman–Crippen MR) is 112 cm³/mol. The Kier molecular flexibility index (Phi) is 5.71. The highest BCUT2D eigenvalue weighted by Crippen LogP contribution is 2.27. The van der Waals surface area contributed by atoms with Crippen molar-refractivity contribution in [2.24, 2.45) is 0 Å². The summed E-state index contributed by atoms with van der Waals surface area (Å²) < 4.78 is 15.7. The molecule has 2 aromatic heterocycles. The van der Waals surface area contributed by atoms with Gasteiger partial charge in [0, 0.05) is 23.4 Å². The Morgan fingerprint density at radius 3 is 2.47 bits per heavy atom. The minimum Gasteiger partial charge on any atom is -0.497 e. The quantitative estimate of drug-likeness (QED) is 0.473. The van der Waals surface area contributed by atoms with Gasteiger partial charge < -0.3 is 14.0 Å². The highest BCUT2D eigenvalue weighted by atomic mass is 32.1. The average Bonchev–Trinajstić information content (AvgIpc) is 3.41. The summed E-state index contributed by atoms with van der Waals surface area (Å²) >= 11 is 1.37. The molecule has 0 atom stereocenters. The van der Waals surface area contributed by atoms with E-state index in [0.717, 1.165) is 17.0 Å². The first-order valence-corrected chi connectivity index (χ1v) is 9.92. The second-order valence-electron chi connectivity index (χ2n) is 6.26. The Balaban J connectivity index is 1.36. The molecule has 4 rings (SSSR count). The molecule has 0 fully saturated rings. The molecule has 152 valence electrons. The van der Waals surface area contributed by atoms with Gasteiger partial charge in [-0.15, -0.1) is 11.3 Å². The van der Waals surface area contributed by atoms with Crippen LogP contribution in [0, 0.1) is 6.92 Å². The Morgan fingerprint density at radius 2 is 1.80 bits per heavy atom. The number of thiazole rings is 1. The van der Waals surface area contributed by atoms with Gasteiger partial charge in [-0.3, -0.25) is 10.1 Å². The van der Waals surface area contributed by atoms with Crippen LogP contribution in [0.25, 0.3) is 11.3 Å². The molecule has 0 aliphatic heterocycles. The van der Waals surface area contributed by atoms with Crippen LogP contribution < -0.4 is 14.8 Å². The van der Waals surface area contributed by atoms with Crippen molar-refractivity contribution in [1.29, 1.82) is 0 Å². The van der Waals surface area contributed by atoms with E-state index in [4.69, 9.17) is 14.0 Å². The lowest BCUT2D eigenvalue weighted by molar-refractivity contribution is 0.102. The molecular weight excluding hydrogens is 404 g/mol. The van der Waals surface area contributed by atoms with Gasteiger partial charge in [-0.25, -0.2) is 4.98 Å². The molecule has 0 aliphatic rings. The molecule has 0 unspecified atom stereocenters. The first-order valence-electron chi connectivity index (χ1n) is 9.04. The van der Waals surface area contributed by atoms with E-state index in [0.29, 0.717) is 28.2 Å². The van der Waals surface area contributed by atoms with Crippen molar-refractivity contribution < 1.29 is 18.8 Å². The Hall–Kier alpha value is -3.72. The van der Waals surface area contributed by atoms with E-state index in [-0.39, 0.29) is 12.5 Å². The van der Waals surface area contributed by atoms with Gasteiger partial charge >= 0.3 is 0 Å². The molecule has 9 heteroatoms. The maximum Gasteiger partial charge on any atom is 0.257 e. The van der Waals surface area contributed by atoms with Crippen molar-refractivity contribution in [3.63, 3.8) is 0 Å². The SMILES string of the molecule is COc1ccc(-c2csc(NC(=O)c3ccc(OCc4noc(C)n4)cc3)n2)cc1. The first kappa shape index (κ1) is 19.6. The van der Waals surface area contributed by atoms with Crippen molar-refractivity contribution in [2.45, 2.75) is 13.5 Å². The molecule has 1 amide bonds. The number of ether oxygens (including phenoxy) is 2. The van der Waals surface area contributed by atoms with Gasteiger partial charge in [0.1, 0.15) is 11.5 Å². The van der Waals surface area contributed by atoms with Gasteiger partial charge in [0.15, 0.2) is 11.7 Å². The predicted octanol–water partition coefficient (Wildman–Crippen LogP) is 4.34. The molecule has 0 saturated carbocycles. The third kappa shape index (κ3) is 4.64. The largest absolute Gasteiger partial charge is 0.497 e. The van der Waals surface area contributed by atoms with Crippen molar-refractivity contribution in [3.05, 3.63) is 71.2 Å². The zero-order chi connectivity index (χ0) is 20.9. The van der Waals surface area contributed by atoms with Gasteiger partial charge in [0.05, 0.1) is 12.8 Å². The number of nitrogens with one attached hydrogen (secondary N) is 1. The minimum atomic E-state index is -0.244.